The molecule has 1 aliphatic heterocycles. The summed E-state index contributed by atoms with van der Waals surface area (Å²) in [7, 11) is 0. The molecule has 0 saturated carbocycles. The van der Waals surface area contributed by atoms with E-state index in [-0.39, 0.29) is 11.3 Å². The Kier molecular flexibility index (Phi) is 2.33. The van der Waals surface area contributed by atoms with Gasteiger partial charge in [-0.1, -0.05) is 29.5 Å². The van der Waals surface area contributed by atoms with Gasteiger partial charge in [0.1, 0.15) is 5.75 Å². The van der Waals surface area contributed by atoms with Crippen LogP contribution in [-0.4, -0.2) is 16.2 Å². The number of hydrogen-bond donors (Lipinski definition) is 1. The Morgan fingerprint density at radius 2 is 2.24 bits per heavy atom. The maximum absolute atomic E-state index is 12.0. The Labute approximate surface area is 101 Å². The molecule has 2 aromatic rings. The number of aromatic nitrogens is 1. The predicted molar refractivity (Wildman–Crippen MR) is 65.9 cm³/mol. The highest BCUT2D eigenvalue weighted by Gasteiger charge is 2.09. The molecule has 5 heteroatoms. The maximum atomic E-state index is 12.0. The normalized spacial score (nSPS) is 14.7. The van der Waals surface area contributed by atoms with Crippen LogP contribution in [0, 0.1) is 0 Å². The lowest BCUT2D eigenvalue weighted by Gasteiger charge is -1.95. The average molecular weight is 246 g/mol. The number of thiazole rings is 1. The van der Waals surface area contributed by atoms with Gasteiger partial charge in [-0.25, -0.2) is 0 Å². The van der Waals surface area contributed by atoms with E-state index in [1.54, 1.807) is 28.8 Å². The number of fused-ring (bicyclic) bond motifs is 1. The van der Waals surface area contributed by atoms with Gasteiger partial charge in [-0.2, -0.15) is 0 Å². The lowest BCUT2D eigenvalue weighted by Crippen LogP contribution is -2.29. The minimum absolute atomic E-state index is 0.0190. The van der Waals surface area contributed by atoms with E-state index in [1.807, 2.05) is 6.07 Å². The molecule has 0 amide bonds. The largest absolute Gasteiger partial charge is 0.507 e. The van der Waals surface area contributed by atoms with Crippen LogP contribution in [0.5, 0.6) is 5.75 Å². The number of para-hydroxylation sites is 1. The SMILES string of the molecule is O=c1/c(=C\c2ccccc2O)sc2n1CCN=2. The molecule has 4 nitrogen and oxygen atoms in total. The van der Waals surface area contributed by atoms with Crippen molar-refractivity contribution < 1.29 is 5.11 Å². The molecule has 3 rings (SSSR count). The van der Waals surface area contributed by atoms with Gasteiger partial charge in [0.15, 0.2) is 4.80 Å². The van der Waals surface area contributed by atoms with Crippen molar-refractivity contribution >= 4 is 17.4 Å². The fourth-order valence-corrected chi connectivity index (χ4v) is 2.84. The molecule has 1 aromatic carbocycles. The van der Waals surface area contributed by atoms with Gasteiger partial charge in [0, 0.05) is 12.1 Å². The van der Waals surface area contributed by atoms with Crippen LogP contribution in [0.1, 0.15) is 5.56 Å². The van der Waals surface area contributed by atoms with Crippen molar-refractivity contribution in [2.75, 3.05) is 6.54 Å². The Morgan fingerprint density at radius 1 is 1.41 bits per heavy atom. The molecule has 17 heavy (non-hydrogen) atoms. The molecule has 0 spiro atoms. The van der Waals surface area contributed by atoms with Crippen molar-refractivity contribution in [3.8, 4) is 5.75 Å². The van der Waals surface area contributed by atoms with Gasteiger partial charge in [-0.05, 0) is 12.1 Å². The van der Waals surface area contributed by atoms with E-state index in [4.69, 9.17) is 0 Å². The first-order chi connectivity index (χ1) is 8.25. The third kappa shape index (κ3) is 1.68. The number of nitrogens with zero attached hydrogens (tertiary/aromatic N) is 2. The van der Waals surface area contributed by atoms with Crippen LogP contribution in [0.4, 0.5) is 0 Å². The molecule has 0 unspecified atom stereocenters. The van der Waals surface area contributed by atoms with Crippen molar-refractivity contribution in [3.05, 3.63) is 49.5 Å². The second-order valence-electron chi connectivity index (χ2n) is 3.79. The average Bonchev–Trinajstić information content (AvgIpc) is 2.87. The topological polar surface area (TPSA) is 54.6 Å². The molecule has 0 aliphatic carbocycles. The predicted octanol–water partition coefficient (Wildman–Crippen LogP) is 0.0774. The lowest BCUT2D eigenvalue weighted by atomic mass is 10.2. The van der Waals surface area contributed by atoms with Crippen LogP contribution < -0.4 is 14.9 Å². The molecule has 0 fully saturated rings. The number of rotatable bonds is 1. The highest BCUT2D eigenvalue weighted by molar-refractivity contribution is 7.07. The molecule has 0 atom stereocenters. The Bertz CT molecular complexity index is 743. The summed E-state index contributed by atoms with van der Waals surface area (Å²) in [6, 6.07) is 6.97. The minimum atomic E-state index is -0.0190. The van der Waals surface area contributed by atoms with Gasteiger partial charge in [0.25, 0.3) is 5.56 Å². The van der Waals surface area contributed by atoms with Crippen LogP contribution in [0.3, 0.4) is 0 Å². The highest BCUT2D eigenvalue weighted by atomic mass is 32.1. The smallest absolute Gasteiger partial charge is 0.270 e. The highest BCUT2D eigenvalue weighted by Crippen LogP contribution is 2.15. The first-order valence-electron chi connectivity index (χ1n) is 5.29. The summed E-state index contributed by atoms with van der Waals surface area (Å²) >= 11 is 1.37. The number of aromatic hydroxyl groups is 1. The molecule has 1 aromatic heterocycles. The fraction of sp³-hybridized carbons (Fsp3) is 0.167. The molecular weight excluding hydrogens is 236 g/mol. The van der Waals surface area contributed by atoms with Crippen LogP contribution in [0.15, 0.2) is 34.1 Å². The zero-order valence-electron chi connectivity index (χ0n) is 8.96. The van der Waals surface area contributed by atoms with E-state index in [1.165, 1.54) is 11.3 Å². The molecule has 86 valence electrons. The van der Waals surface area contributed by atoms with Crippen LogP contribution >= 0.6 is 11.3 Å². The third-order valence-corrected chi connectivity index (χ3v) is 3.73. The molecule has 1 N–H and O–H groups in total. The van der Waals surface area contributed by atoms with Crippen LogP contribution in [0.2, 0.25) is 0 Å². The zero-order valence-corrected chi connectivity index (χ0v) is 9.78. The second kappa shape index (κ2) is 3.85. The maximum Gasteiger partial charge on any atom is 0.270 e. The summed E-state index contributed by atoms with van der Waals surface area (Å²) in [5.41, 5.74) is 0.639. The van der Waals surface area contributed by atoms with E-state index in [0.717, 1.165) is 4.80 Å². The van der Waals surface area contributed by atoms with Gasteiger partial charge in [0.05, 0.1) is 11.1 Å². The number of phenols is 1. The van der Waals surface area contributed by atoms with E-state index in [9.17, 15) is 9.90 Å². The van der Waals surface area contributed by atoms with Crippen LogP contribution in [0.25, 0.3) is 6.08 Å². The van der Waals surface area contributed by atoms with Crippen molar-refractivity contribution in [1.29, 1.82) is 0 Å². The van der Waals surface area contributed by atoms with Crippen LogP contribution in [-0.2, 0) is 6.54 Å². The lowest BCUT2D eigenvalue weighted by molar-refractivity contribution is 0.474. The molecule has 0 saturated heterocycles. The Hall–Kier alpha value is -1.88. The standard InChI is InChI=1S/C12H10N2O2S/c15-9-4-2-1-3-8(9)7-10-11(16)14-6-5-13-12(14)17-10/h1-4,7,15H,5-6H2/b10-7+. The number of hydrogen-bond acceptors (Lipinski definition) is 4. The van der Waals surface area contributed by atoms with Gasteiger partial charge in [-0.15, -0.1) is 0 Å². The molecular formula is C12H10N2O2S. The van der Waals surface area contributed by atoms with Crippen molar-refractivity contribution in [1.82, 2.24) is 4.57 Å². The van der Waals surface area contributed by atoms with Gasteiger partial charge in [0.2, 0.25) is 0 Å². The number of phenolic OH excluding ortho intramolecular Hbond substituents is 1. The summed E-state index contributed by atoms with van der Waals surface area (Å²) in [5.74, 6) is 0.183. The van der Waals surface area contributed by atoms with E-state index in [0.29, 0.717) is 23.2 Å². The van der Waals surface area contributed by atoms with E-state index < -0.39 is 0 Å². The second-order valence-corrected chi connectivity index (χ2v) is 4.80. The van der Waals surface area contributed by atoms with E-state index >= 15 is 0 Å². The zero-order chi connectivity index (χ0) is 11.8. The van der Waals surface area contributed by atoms with Gasteiger partial charge < -0.3 is 5.11 Å². The first kappa shape index (κ1) is 10.3. The molecule has 0 bridgehead atoms. The summed E-state index contributed by atoms with van der Waals surface area (Å²) < 4.78 is 2.29. The quantitative estimate of drug-likeness (QED) is 0.774. The Balaban J connectivity index is 2.24. The summed E-state index contributed by atoms with van der Waals surface area (Å²) in [4.78, 5) is 17.0. The summed E-state index contributed by atoms with van der Waals surface area (Å²) in [6.45, 7) is 1.36. The minimum Gasteiger partial charge on any atom is -0.507 e. The van der Waals surface area contributed by atoms with Crippen molar-refractivity contribution in [3.63, 3.8) is 0 Å². The Morgan fingerprint density at radius 3 is 3.00 bits per heavy atom. The van der Waals surface area contributed by atoms with Crippen molar-refractivity contribution in [2.24, 2.45) is 4.99 Å². The van der Waals surface area contributed by atoms with Gasteiger partial charge in [-0.3, -0.25) is 14.4 Å². The summed E-state index contributed by atoms with van der Waals surface area (Å²) in [6.07, 6.45) is 1.71. The molecule has 1 aliphatic rings. The first-order valence-corrected chi connectivity index (χ1v) is 6.11. The monoisotopic (exact) mass is 246 g/mol. The molecule has 2 heterocycles. The van der Waals surface area contributed by atoms with Gasteiger partial charge >= 0.3 is 0 Å². The summed E-state index contributed by atoms with van der Waals surface area (Å²) in [5, 5.41) is 9.65. The number of benzene rings is 1. The fourth-order valence-electron chi connectivity index (χ4n) is 1.82. The third-order valence-electron chi connectivity index (χ3n) is 2.68. The van der Waals surface area contributed by atoms with Crippen molar-refractivity contribution in [2.45, 2.75) is 6.54 Å². The molecule has 0 radical (unpaired) electrons. The van der Waals surface area contributed by atoms with E-state index in [2.05, 4.69) is 4.99 Å².